The first-order valence-corrected chi connectivity index (χ1v) is 9.82. The summed E-state index contributed by atoms with van der Waals surface area (Å²) in [5.74, 6) is 1.93. The molecule has 1 aromatic carbocycles. The number of hydrogen-bond donors (Lipinski definition) is 1. The van der Waals surface area contributed by atoms with Crippen LogP contribution >= 0.6 is 0 Å². The molecule has 0 amide bonds. The summed E-state index contributed by atoms with van der Waals surface area (Å²) in [5.41, 5.74) is 5.47. The van der Waals surface area contributed by atoms with Crippen LogP contribution in [0.5, 0.6) is 0 Å². The summed E-state index contributed by atoms with van der Waals surface area (Å²) in [7, 11) is 0. The lowest BCUT2D eigenvalue weighted by molar-refractivity contribution is 0.432. The molecule has 1 fully saturated rings. The average molecular weight is 323 g/mol. The molecular weight excluding hydrogens is 294 g/mol. The molecule has 24 heavy (non-hydrogen) atoms. The maximum Gasteiger partial charge on any atom is 0.133 e. The molecule has 1 aliphatic heterocycles. The van der Waals surface area contributed by atoms with E-state index in [-0.39, 0.29) is 0 Å². The van der Waals surface area contributed by atoms with Crippen molar-refractivity contribution in [3.8, 4) is 5.69 Å². The number of benzene rings is 1. The summed E-state index contributed by atoms with van der Waals surface area (Å²) in [4.78, 5) is 0. The molecule has 0 saturated heterocycles. The van der Waals surface area contributed by atoms with Crippen LogP contribution in [0.15, 0.2) is 24.3 Å². The minimum Gasteiger partial charge on any atom is -0.370 e. The fraction of sp³-hybridized carbons (Fsp3) is 0.571. The summed E-state index contributed by atoms with van der Waals surface area (Å²) in [6, 6.07) is 8.92. The lowest BCUT2D eigenvalue weighted by Gasteiger charge is -2.20. The van der Waals surface area contributed by atoms with Crippen molar-refractivity contribution in [1.82, 2.24) is 9.78 Å². The van der Waals surface area contributed by atoms with Crippen LogP contribution < -0.4 is 5.32 Å². The smallest absolute Gasteiger partial charge is 0.133 e. The first-order valence-electron chi connectivity index (χ1n) is 9.82. The molecular formula is C21H29N3. The van der Waals surface area contributed by atoms with Crippen LogP contribution in [-0.4, -0.2) is 16.3 Å². The van der Waals surface area contributed by atoms with E-state index in [1.165, 1.54) is 79.7 Å². The van der Waals surface area contributed by atoms with Crippen molar-refractivity contribution in [2.24, 2.45) is 0 Å². The van der Waals surface area contributed by atoms with E-state index < -0.39 is 0 Å². The van der Waals surface area contributed by atoms with Crippen molar-refractivity contribution in [1.29, 1.82) is 0 Å². The maximum absolute atomic E-state index is 5.14. The fourth-order valence-corrected chi connectivity index (χ4v) is 4.29. The molecule has 1 saturated carbocycles. The Hall–Kier alpha value is -1.77. The van der Waals surface area contributed by atoms with E-state index in [0.29, 0.717) is 5.92 Å². The first-order chi connectivity index (χ1) is 11.9. The lowest BCUT2D eigenvalue weighted by Crippen LogP contribution is -2.08. The third-order valence-corrected chi connectivity index (χ3v) is 5.74. The van der Waals surface area contributed by atoms with Crippen molar-refractivity contribution in [3.63, 3.8) is 0 Å². The number of fused-ring (bicyclic) bond motifs is 1. The lowest BCUT2D eigenvalue weighted by atomic mass is 9.85. The Balaban J connectivity index is 1.76. The molecule has 4 rings (SSSR count). The number of nitrogens with zero attached hydrogens (tertiary/aromatic N) is 2. The van der Waals surface area contributed by atoms with E-state index in [1.807, 2.05) is 0 Å². The van der Waals surface area contributed by atoms with E-state index in [1.54, 1.807) is 0 Å². The highest BCUT2D eigenvalue weighted by atomic mass is 15.3. The number of aryl methyl sites for hydroxylation is 1. The molecule has 1 N–H and O–H groups in total. The molecule has 0 bridgehead atoms. The predicted molar refractivity (Wildman–Crippen MR) is 100 cm³/mol. The second kappa shape index (κ2) is 7.00. The normalized spacial score (nSPS) is 18.7. The van der Waals surface area contributed by atoms with Gasteiger partial charge in [0.05, 0.1) is 11.4 Å². The Bertz CT molecular complexity index is 678. The summed E-state index contributed by atoms with van der Waals surface area (Å²) in [6.45, 7) is 3.27. The minimum absolute atomic E-state index is 0.670. The van der Waals surface area contributed by atoms with Crippen molar-refractivity contribution in [2.45, 2.75) is 70.6 Å². The monoisotopic (exact) mass is 323 g/mol. The van der Waals surface area contributed by atoms with Gasteiger partial charge in [0.1, 0.15) is 5.82 Å². The second-order valence-corrected chi connectivity index (χ2v) is 7.36. The second-order valence-electron chi connectivity index (χ2n) is 7.36. The highest BCUT2D eigenvalue weighted by molar-refractivity contribution is 5.55. The minimum atomic E-state index is 0.670. The molecule has 0 radical (unpaired) electrons. The Morgan fingerprint density at radius 2 is 1.83 bits per heavy atom. The molecule has 2 aliphatic rings. The van der Waals surface area contributed by atoms with E-state index in [9.17, 15) is 0 Å². The standard InChI is InChI=1S/C21H29N3/c1-2-16-11-13-18(14-12-16)24-21-19(10-6-7-15-22-21)20(23-24)17-8-4-3-5-9-17/h11-14,17,22H,2-10,15H2,1H3. The van der Waals surface area contributed by atoms with Gasteiger partial charge in [0.15, 0.2) is 0 Å². The average Bonchev–Trinajstić information content (AvgIpc) is 2.84. The van der Waals surface area contributed by atoms with Gasteiger partial charge in [0, 0.05) is 18.0 Å². The van der Waals surface area contributed by atoms with E-state index in [0.717, 1.165) is 13.0 Å². The van der Waals surface area contributed by atoms with Crippen LogP contribution in [-0.2, 0) is 12.8 Å². The van der Waals surface area contributed by atoms with Gasteiger partial charge in [0.25, 0.3) is 0 Å². The third-order valence-electron chi connectivity index (χ3n) is 5.74. The Morgan fingerprint density at radius 1 is 1.04 bits per heavy atom. The van der Waals surface area contributed by atoms with Gasteiger partial charge >= 0.3 is 0 Å². The zero-order chi connectivity index (χ0) is 16.4. The number of rotatable bonds is 3. The molecule has 0 atom stereocenters. The summed E-state index contributed by atoms with van der Waals surface area (Å²) >= 11 is 0. The predicted octanol–water partition coefficient (Wildman–Crippen LogP) is 5.23. The van der Waals surface area contributed by atoms with Gasteiger partial charge in [-0.25, -0.2) is 4.68 Å². The van der Waals surface area contributed by atoms with E-state index in [2.05, 4.69) is 41.2 Å². The Morgan fingerprint density at radius 3 is 2.58 bits per heavy atom. The summed E-state index contributed by atoms with van der Waals surface area (Å²) < 4.78 is 2.18. The number of anilines is 1. The van der Waals surface area contributed by atoms with Crippen molar-refractivity contribution < 1.29 is 0 Å². The van der Waals surface area contributed by atoms with Gasteiger partial charge in [-0.3, -0.25) is 0 Å². The van der Waals surface area contributed by atoms with E-state index in [4.69, 9.17) is 5.10 Å². The highest BCUT2D eigenvalue weighted by Crippen LogP contribution is 2.38. The molecule has 1 aromatic heterocycles. The van der Waals surface area contributed by atoms with Crippen LogP contribution in [0.25, 0.3) is 5.69 Å². The van der Waals surface area contributed by atoms with Gasteiger partial charge < -0.3 is 5.32 Å². The van der Waals surface area contributed by atoms with Crippen LogP contribution in [0.3, 0.4) is 0 Å². The zero-order valence-corrected chi connectivity index (χ0v) is 14.9. The van der Waals surface area contributed by atoms with Crippen LogP contribution in [0.2, 0.25) is 0 Å². The van der Waals surface area contributed by atoms with Crippen molar-refractivity contribution in [2.75, 3.05) is 11.9 Å². The summed E-state index contributed by atoms with van der Waals surface area (Å²) in [6.07, 6.45) is 11.6. The molecule has 3 heteroatoms. The summed E-state index contributed by atoms with van der Waals surface area (Å²) in [5, 5.41) is 8.82. The van der Waals surface area contributed by atoms with Crippen LogP contribution in [0, 0.1) is 0 Å². The molecule has 0 unspecified atom stereocenters. The number of nitrogens with one attached hydrogen (secondary N) is 1. The molecule has 1 aliphatic carbocycles. The quantitative estimate of drug-likeness (QED) is 0.838. The molecule has 3 nitrogen and oxygen atoms in total. The Labute approximate surface area is 145 Å². The first kappa shape index (κ1) is 15.7. The third kappa shape index (κ3) is 2.97. The topological polar surface area (TPSA) is 29.9 Å². The molecule has 128 valence electrons. The fourth-order valence-electron chi connectivity index (χ4n) is 4.29. The molecule has 0 spiro atoms. The largest absolute Gasteiger partial charge is 0.370 e. The molecule has 2 heterocycles. The highest BCUT2D eigenvalue weighted by Gasteiger charge is 2.27. The van der Waals surface area contributed by atoms with Gasteiger partial charge in [-0.1, -0.05) is 38.3 Å². The Kier molecular flexibility index (Phi) is 4.59. The van der Waals surface area contributed by atoms with Crippen molar-refractivity contribution in [3.05, 3.63) is 41.1 Å². The van der Waals surface area contributed by atoms with E-state index >= 15 is 0 Å². The zero-order valence-electron chi connectivity index (χ0n) is 14.9. The SMILES string of the molecule is CCc1ccc(-n2nc(C3CCCCC3)c3c2NCCCC3)cc1. The molecule has 2 aromatic rings. The number of aromatic nitrogens is 2. The maximum atomic E-state index is 5.14. The number of hydrogen-bond acceptors (Lipinski definition) is 2. The van der Waals surface area contributed by atoms with Gasteiger partial charge in [-0.15, -0.1) is 0 Å². The van der Waals surface area contributed by atoms with Crippen molar-refractivity contribution >= 4 is 5.82 Å². The van der Waals surface area contributed by atoms with Gasteiger partial charge in [0.2, 0.25) is 0 Å². The van der Waals surface area contributed by atoms with Crippen LogP contribution in [0.1, 0.15) is 74.6 Å². The van der Waals surface area contributed by atoms with Gasteiger partial charge in [-0.2, -0.15) is 5.10 Å². The van der Waals surface area contributed by atoms with Gasteiger partial charge in [-0.05, 0) is 56.2 Å². The van der Waals surface area contributed by atoms with Crippen LogP contribution in [0.4, 0.5) is 5.82 Å².